The van der Waals surface area contributed by atoms with Crippen LogP contribution in [0.4, 0.5) is 0 Å². The van der Waals surface area contributed by atoms with Gasteiger partial charge in [0.1, 0.15) is 11.6 Å². The Morgan fingerprint density at radius 3 is 2.17 bits per heavy atom. The largest absolute Gasteiger partial charge is 0.469 e. The van der Waals surface area contributed by atoms with Crippen LogP contribution in [0.3, 0.4) is 0 Å². The lowest BCUT2D eigenvalue weighted by Crippen LogP contribution is -2.09. The minimum atomic E-state index is -0.249. The van der Waals surface area contributed by atoms with Gasteiger partial charge in [-0.3, -0.25) is 14.4 Å². The minimum absolute atomic E-state index is 0.00164. The van der Waals surface area contributed by atoms with Crippen molar-refractivity contribution >= 4 is 17.5 Å². The van der Waals surface area contributed by atoms with Crippen LogP contribution in [0.5, 0.6) is 0 Å². The molecule has 0 bridgehead atoms. The van der Waals surface area contributed by atoms with Crippen molar-refractivity contribution in [1.82, 2.24) is 0 Å². The molecule has 0 aromatic heterocycles. The van der Waals surface area contributed by atoms with Crippen LogP contribution in [0.25, 0.3) is 0 Å². The van der Waals surface area contributed by atoms with Crippen molar-refractivity contribution in [2.45, 2.75) is 44.9 Å². The minimum Gasteiger partial charge on any atom is -0.469 e. The highest BCUT2D eigenvalue weighted by molar-refractivity contribution is 6.00. The van der Waals surface area contributed by atoms with E-state index in [2.05, 4.69) is 17.9 Å². The molecule has 1 aliphatic rings. The number of methoxy groups -OCH3 is 1. The van der Waals surface area contributed by atoms with Crippen LogP contribution in [0.15, 0.2) is 13.2 Å². The predicted octanol–water partition coefficient (Wildman–Crippen LogP) is 2.46. The van der Waals surface area contributed by atoms with Crippen LogP contribution in [-0.2, 0) is 19.1 Å². The maximum Gasteiger partial charge on any atom is 0.305 e. The van der Waals surface area contributed by atoms with Crippen LogP contribution in [0.2, 0.25) is 0 Å². The van der Waals surface area contributed by atoms with E-state index in [9.17, 15) is 14.4 Å². The molecule has 1 saturated carbocycles. The van der Waals surface area contributed by atoms with Crippen LogP contribution < -0.4 is 0 Å². The summed E-state index contributed by atoms with van der Waals surface area (Å²) < 4.78 is 4.48. The number of hydrogen-bond donors (Lipinski definition) is 0. The Morgan fingerprint density at radius 2 is 1.67 bits per heavy atom. The molecule has 0 aliphatic heterocycles. The van der Waals surface area contributed by atoms with Gasteiger partial charge in [-0.1, -0.05) is 0 Å². The summed E-state index contributed by atoms with van der Waals surface area (Å²) in [5.41, 5.74) is 0. The number of Topliss-reactive ketones (excluding diaryl/α,β-unsaturated/α-hetero) is 2. The summed E-state index contributed by atoms with van der Waals surface area (Å²) in [6.07, 6.45) is 4.05. The number of unbranched alkanes of at least 4 members (excludes halogenated alkanes) is 1. The first-order valence-electron chi connectivity index (χ1n) is 6.24. The molecule has 0 amide bonds. The zero-order chi connectivity index (χ0) is 14.0. The molecular formula is C14H22O4. The third kappa shape index (κ3) is 7.76. The Kier molecular flexibility index (Phi) is 8.80. The van der Waals surface area contributed by atoms with Gasteiger partial charge in [-0.25, -0.2) is 0 Å². The second-order valence-corrected chi connectivity index (χ2v) is 4.24. The van der Waals surface area contributed by atoms with E-state index in [0.29, 0.717) is 25.7 Å². The first kappa shape index (κ1) is 16.6. The summed E-state index contributed by atoms with van der Waals surface area (Å²) in [4.78, 5) is 33.4. The van der Waals surface area contributed by atoms with Gasteiger partial charge in [-0.2, -0.15) is 0 Å². The number of rotatable bonds is 8. The molecule has 0 spiro atoms. The molecule has 0 aromatic carbocycles. The zero-order valence-electron chi connectivity index (χ0n) is 11.1. The lowest BCUT2D eigenvalue weighted by molar-refractivity contribution is -0.141. The highest BCUT2D eigenvalue weighted by Gasteiger charge is 2.30. The quantitative estimate of drug-likeness (QED) is 0.289. The fourth-order valence-corrected chi connectivity index (χ4v) is 1.53. The topological polar surface area (TPSA) is 60.4 Å². The van der Waals surface area contributed by atoms with E-state index < -0.39 is 0 Å². The highest BCUT2D eigenvalue weighted by atomic mass is 16.5. The summed E-state index contributed by atoms with van der Waals surface area (Å²) in [6.45, 7) is 6.00. The van der Waals surface area contributed by atoms with Crippen LogP contribution in [-0.4, -0.2) is 24.6 Å². The van der Waals surface area contributed by atoms with E-state index in [1.54, 1.807) is 0 Å². The Labute approximate surface area is 108 Å². The third-order valence-corrected chi connectivity index (χ3v) is 2.72. The van der Waals surface area contributed by atoms with Gasteiger partial charge < -0.3 is 4.74 Å². The zero-order valence-corrected chi connectivity index (χ0v) is 11.1. The number of carbonyl (C=O) groups excluding carboxylic acids is 3. The lowest BCUT2D eigenvalue weighted by atomic mass is 10.1. The highest BCUT2D eigenvalue weighted by Crippen LogP contribution is 2.31. The van der Waals surface area contributed by atoms with Crippen molar-refractivity contribution in [3.63, 3.8) is 0 Å². The second kappa shape index (κ2) is 9.57. The summed E-state index contributed by atoms with van der Waals surface area (Å²) in [5.74, 6) is 0.0141. The first-order valence-corrected chi connectivity index (χ1v) is 6.24. The Hall–Kier alpha value is -1.45. The molecule has 0 unspecified atom stereocenters. The number of ether oxygens (including phenoxy) is 1. The fraction of sp³-hybridized carbons (Fsp3) is 0.643. The fourth-order valence-electron chi connectivity index (χ4n) is 1.53. The van der Waals surface area contributed by atoms with Crippen molar-refractivity contribution < 1.29 is 19.1 Å². The van der Waals surface area contributed by atoms with Crippen LogP contribution >= 0.6 is 0 Å². The molecule has 0 saturated heterocycles. The van der Waals surface area contributed by atoms with Crippen molar-refractivity contribution in [3.05, 3.63) is 13.2 Å². The van der Waals surface area contributed by atoms with Gasteiger partial charge in [0.2, 0.25) is 0 Å². The molecule has 0 radical (unpaired) electrons. The van der Waals surface area contributed by atoms with Gasteiger partial charge in [-0.05, 0) is 25.7 Å². The average Bonchev–Trinajstić information content (AvgIpc) is 3.21. The van der Waals surface area contributed by atoms with Gasteiger partial charge in [-0.15, -0.1) is 13.2 Å². The number of carbonyl (C=O) groups is 3. The Morgan fingerprint density at radius 1 is 1.11 bits per heavy atom. The number of esters is 1. The molecule has 102 valence electrons. The molecule has 18 heavy (non-hydrogen) atoms. The van der Waals surface area contributed by atoms with E-state index in [1.165, 1.54) is 7.11 Å². The van der Waals surface area contributed by atoms with E-state index in [1.807, 2.05) is 0 Å². The summed E-state index contributed by atoms with van der Waals surface area (Å²) >= 11 is 0. The van der Waals surface area contributed by atoms with Gasteiger partial charge in [0, 0.05) is 18.8 Å². The molecule has 4 nitrogen and oxygen atoms in total. The van der Waals surface area contributed by atoms with Gasteiger partial charge >= 0.3 is 5.97 Å². The molecular weight excluding hydrogens is 232 g/mol. The standard InChI is InChI=1S/C12H18O4.C2H4/c1-16-12(15)5-3-2-4-10(13)8-11(14)9-6-7-9;1-2/h9H,2-8H2,1H3;1-2H2. The third-order valence-electron chi connectivity index (χ3n) is 2.72. The maximum atomic E-state index is 11.4. The van der Waals surface area contributed by atoms with Crippen molar-refractivity contribution in [2.24, 2.45) is 5.92 Å². The summed E-state index contributed by atoms with van der Waals surface area (Å²) in [6, 6.07) is 0. The Balaban J connectivity index is 0.00000137. The molecule has 0 aromatic rings. The smallest absolute Gasteiger partial charge is 0.305 e. The second-order valence-electron chi connectivity index (χ2n) is 4.24. The monoisotopic (exact) mass is 254 g/mol. The van der Waals surface area contributed by atoms with Crippen molar-refractivity contribution in [1.29, 1.82) is 0 Å². The summed E-state index contributed by atoms with van der Waals surface area (Å²) in [5, 5.41) is 0. The Bertz CT molecular complexity index is 292. The first-order chi connectivity index (χ1) is 8.63. The van der Waals surface area contributed by atoms with Gasteiger partial charge in [0.25, 0.3) is 0 Å². The molecule has 0 heterocycles. The van der Waals surface area contributed by atoms with E-state index >= 15 is 0 Å². The molecule has 1 rings (SSSR count). The molecule has 1 fully saturated rings. The molecule has 4 heteroatoms. The van der Waals surface area contributed by atoms with Gasteiger partial charge in [0.15, 0.2) is 0 Å². The number of ketones is 2. The number of hydrogen-bond acceptors (Lipinski definition) is 4. The summed E-state index contributed by atoms with van der Waals surface area (Å²) in [7, 11) is 1.35. The van der Waals surface area contributed by atoms with Crippen molar-refractivity contribution in [3.8, 4) is 0 Å². The molecule has 0 N–H and O–H groups in total. The lowest BCUT2D eigenvalue weighted by Gasteiger charge is -2.00. The molecule has 1 aliphatic carbocycles. The van der Waals surface area contributed by atoms with Crippen LogP contribution in [0, 0.1) is 5.92 Å². The van der Waals surface area contributed by atoms with Crippen molar-refractivity contribution in [2.75, 3.05) is 7.11 Å². The normalized spacial score (nSPS) is 13.2. The van der Waals surface area contributed by atoms with Crippen LogP contribution in [0.1, 0.15) is 44.9 Å². The average molecular weight is 254 g/mol. The maximum absolute atomic E-state index is 11.4. The van der Waals surface area contributed by atoms with E-state index in [0.717, 1.165) is 12.8 Å². The SMILES string of the molecule is C=C.COC(=O)CCCCC(=O)CC(=O)C1CC1. The van der Waals surface area contributed by atoms with E-state index in [4.69, 9.17) is 0 Å². The predicted molar refractivity (Wildman–Crippen MR) is 69.1 cm³/mol. The molecule has 0 atom stereocenters. The van der Waals surface area contributed by atoms with Gasteiger partial charge in [0.05, 0.1) is 13.5 Å². The van der Waals surface area contributed by atoms with E-state index in [-0.39, 0.29) is 29.9 Å².